The smallest absolute Gasteiger partial charge is 0.257 e. The highest BCUT2D eigenvalue weighted by Crippen LogP contribution is 2.27. The van der Waals surface area contributed by atoms with Gasteiger partial charge in [-0.15, -0.1) is 0 Å². The third kappa shape index (κ3) is 1.99. The molecule has 1 amide bonds. The minimum atomic E-state index is 0.0737. The summed E-state index contributed by atoms with van der Waals surface area (Å²) < 4.78 is 5.34. The first-order valence-corrected chi connectivity index (χ1v) is 7.30. The number of thioether (sulfide) groups is 1. The molecule has 96 valence electrons. The van der Waals surface area contributed by atoms with E-state index in [0.717, 1.165) is 36.9 Å². The molecule has 1 aromatic rings. The van der Waals surface area contributed by atoms with Crippen LogP contribution in [0.4, 0.5) is 0 Å². The number of aromatic nitrogens is 2. The fraction of sp³-hybridized carbons (Fsp3) is 0.583. The van der Waals surface area contributed by atoms with Gasteiger partial charge in [0, 0.05) is 25.5 Å². The number of fused-ring (bicyclic) bond motifs is 1. The molecule has 0 unspecified atom stereocenters. The Labute approximate surface area is 110 Å². The molecule has 0 saturated carbocycles. The van der Waals surface area contributed by atoms with Crippen LogP contribution in [-0.2, 0) is 11.3 Å². The molecule has 0 radical (unpaired) electrons. The fourth-order valence-electron chi connectivity index (χ4n) is 2.48. The van der Waals surface area contributed by atoms with E-state index in [1.807, 2.05) is 11.2 Å². The fourth-order valence-corrected chi connectivity index (χ4v) is 2.84. The topological polar surface area (TPSA) is 55.3 Å². The maximum absolute atomic E-state index is 12.3. The molecule has 0 bridgehead atoms. The molecule has 2 aliphatic rings. The van der Waals surface area contributed by atoms with Crippen LogP contribution in [0.2, 0.25) is 0 Å². The first kappa shape index (κ1) is 11.9. The lowest BCUT2D eigenvalue weighted by molar-refractivity contribution is 0.0302. The summed E-state index contributed by atoms with van der Waals surface area (Å²) in [6.07, 6.45) is 5.44. The minimum absolute atomic E-state index is 0.0737. The molecule has 0 N–H and O–H groups in total. The van der Waals surface area contributed by atoms with E-state index in [9.17, 15) is 4.79 Å². The van der Waals surface area contributed by atoms with Crippen LogP contribution < -0.4 is 0 Å². The normalized spacial score (nSPS) is 20.3. The molecule has 2 aliphatic heterocycles. The number of rotatable bonds is 2. The van der Waals surface area contributed by atoms with E-state index in [4.69, 9.17) is 4.74 Å². The molecule has 3 rings (SSSR count). The van der Waals surface area contributed by atoms with Gasteiger partial charge >= 0.3 is 0 Å². The van der Waals surface area contributed by atoms with Gasteiger partial charge in [-0.1, -0.05) is 11.8 Å². The standard InChI is InChI=1S/C12H15N3O2S/c1-18-12-13-6-9-10(14-12)7-15(11(9)16)8-2-4-17-5-3-8/h6,8H,2-5,7H2,1H3. The van der Waals surface area contributed by atoms with Crippen LogP contribution in [0.5, 0.6) is 0 Å². The predicted octanol–water partition coefficient (Wildman–Crippen LogP) is 1.33. The Bertz CT molecular complexity index is 474. The molecule has 1 aromatic heterocycles. The first-order chi connectivity index (χ1) is 8.79. The van der Waals surface area contributed by atoms with Crippen LogP contribution in [0, 0.1) is 0 Å². The molecule has 18 heavy (non-hydrogen) atoms. The zero-order chi connectivity index (χ0) is 12.5. The number of ether oxygens (including phenoxy) is 1. The van der Waals surface area contributed by atoms with Gasteiger partial charge in [0.25, 0.3) is 5.91 Å². The summed E-state index contributed by atoms with van der Waals surface area (Å²) in [5, 5.41) is 0.732. The molecule has 0 aromatic carbocycles. The van der Waals surface area contributed by atoms with E-state index in [2.05, 4.69) is 9.97 Å². The van der Waals surface area contributed by atoms with Crippen LogP contribution in [0.15, 0.2) is 11.4 Å². The highest BCUT2D eigenvalue weighted by molar-refractivity contribution is 7.98. The van der Waals surface area contributed by atoms with Crippen molar-refractivity contribution in [3.63, 3.8) is 0 Å². The Morgan fingerprint density at radius 1 is 1.44 bits per heavy atom. The van der Waals surface area contributed by atoms with Gasteiger partial charge in [-0.25, -0.2) is 9.97 Å². The van der Waals surface area contributed by atoms with Gasteiger partial charge in [0.1, 0.15) is 0 Å². The monoisotopic (exact) mass is 265 g/mol. The number of nitrogens with zero attached hydrogens (tertiary/aromatic N) is 3. The summed E-state index contributed by atoms with van der Waals surface area (Å²) in [4.78, 5) is 22.8. The summed E-state index contributed by atoms with van der Waals surface area (Å²) in [7, 11) is 0. The quantitative estimate of drug-likeness (QED) is 0.596. The summed E-state index contributed by atoms with van der Waals surface area (Å²) in [5.74, 6) is 0.0737. The molecule has 0 atom stereocenters. The second-order valence-electron chi connectivity index (χ2n) is 4.49. The van der Waals surface area contributed by atoms with Crippen LogP contribution in [0.1, 0.15) is 28.9 Å². The Morgan fingerprint density at radius 2 is 2.22 bits per heavy atom. The molecule has 6 heteroatoms. The van der Waals surface area contributed by atoms with Crippen molar-refractivity contribution in [3.05, 3.63) is 17.5 Å². The van der Waals surface area contributed by atoms with Crippen LogP contribution >= 0.6 is 11.8 Å². The van der Waals surface area contributed by atoms with Gasteiger partial charge in [-0.05, 0) is 19.1 Å². The van der Waals surface area contributed by atoms with Gasteiger partial charge in [-0.3, -0.25) is 4.79 Å². The van der Waals surface area contributed by atoms with E-state index in [1.165, 1.54) is 11.8 Å². The molecule has 3 heterocycles. The molecule has 0 spiro atoms. The lowest BCUT2D eigenvalue weighted by Gasteiger charge is -2.30. The average molecular weight is 265 g/mol. The van der Waals surface area contributed by atoms with E-state index in [1.54, 1.807) is 6.20 Å². The minimum Gasteiger partial charge on any atom is -0.381 e. The Hall–Kier alpha value is -1.14. The second-order valence-corrected chi connectivity index (χ2v) is 5.27. The highest BCUT2D eigenvalue weighted by atomic mass is 32.2. The summed E-state index contributed by atoms with van der Waals surface area (Å²) >= 11 is 1.50. The Kier molecular flexibility index (Phi) is 3.22. The van der Waals surface area contributed by atoms with E-state index in [-0.39, 0.29) is 11.9 Å². The highest BCUT2D eigenvalue weighted by Gasteiger charge is 2.34. The third-order valence-corrected chi connectivity index (χ3v) is 4.03. The maximum atomic E-state index is 12.3. The third-order valence-electron chi connectivity index (χ3n) is 3.47. The SMILES string of the molecule is CSc1ncc2c(n1)CN(C1CCOCC1)C2=O. The Balaban J connectivity index is 1.83. The number of hydrogen-bond donors (Lipinski definition) is 0. The van der Waals surface area contributed by atoms with Gasteiger partial charge in [0.2, 0.25) is 0 Å². The van der Waals surface area contributed by atoms with Gasteiger partial charge in [-0.2, -0.15) is 0 Å². The van der Waals surface area contributed by atoms with E-state index < -0.39 is 0 Å². The zero-order valence-electron chi connectivity index (χ0n) is 10.3. The molecule has 5 nitrogen and oxygen atoms in total. The first-order valence-electron chi connectivity index (χ1n) is 6.08. The lowest BCUT2D eigenvalue weighted by atomic mass is 10.1. The maximum Gasteiger partial charge on any atom is 0.257 e. The average Bonchev–Trinajstić information content (AvgIpc) is 2.76. The molecular weight excluding hydrogens is 250 g/mol. The van der Waals surface area contributed by atoms with Crippen molar-refractivity contribution in [2.75, 3.05) is 19.5 Å². The van der Waals surface area contributed by atoms with E-state index in [0.29, 0.717) is 12.1 Å². The van der Waals surface area contributed by atoms with Gasteiger partial charge in [0.15, 0.2) is 5.16 Å². The van der Waals surface area contributed by atoms with Gasteiger partial charge in [0.05, 0.1) is 17.8 Å². The summed E-state index contributed by atoms with van der Waals surface area (Å²) in [6.45, 7) is 2.11. The van der Waals surface area contributed by atoms with Crippen molar-refractivity contribution in [2.24, 2.45) is 0 Å². The van der Waals surface area contributed by atoms with Crippen molar-refractivity contribution in [3.8, 4) is 0 Å². The second kappa shape index (κ2) is 4.85. The molecule has 1 fully saturated rings. The molecular formula is C12H15N3O2S. The van der Waals surface area contributed by atoms with Crippen LogP contribution in [0.3, 0.4) is 0 Å². The zero-order valence-corrected chi connectivity index (χ0v) is 11.1. The lowest BCUT2D eigenvalue weighted by Crippen LogP contribution is -2.39. The van der Waals surface area contributed by atoms with E-state index >= 15 is 0 Å². The number of hydrogen-bond acceptors (Lipinski definition) is 5. The van der Waals surface area contributed by atoms with Crippen molar-refractivity contribution in [1.82, 2.24) is 14.9 Å². The van der Waals surface area contributed by atoms with Gasteiger partial charge < -0.3 is 9.64 Å². The summed E-state index contributed by atoms with van der Waals surface area (Å²) in [5.41, 5.74) is 1.53. The molecule has 0 aliphatic carbocycles. The molecule has 1 saturated heterocycles. The van der Waals surface area contributed by atoms with Crippen molar-refractivity contribution in [2.45, 2.75) is 30.6 Å². The number of amides is 1. The number of carbonyl (C=O) groups is 1. The summed E-state index contributed by atoms with van der Waals surface area (Å²) in [6, 6.07) is 0.290. The predicted molar refractivity (Wildman–Crippen MR) is 67.5 cm³/mol. The van der Waals surface area contributed by atoms with Crippen LogP contribution in [0.25, 0.3) is 0 Å². The van der Waals surface area contributed by atoms with Crippen molar-refractivity contribution < 1.29 is 9.53 Å². The van der Waals surface area contributed by atoms with Crippen molar-refractivity contribution in [1.29, 1.82) is 0 Å². The Morgan fingerprint density at radius 3 is 2.94 bits per heavy atom. The largest absolute Gasteiger partial charge is 0.381 e. The van der Waals surface area contributed by atoms with Crippen LogP contribution in [-0.4, -0.2) is 46.3 Å². The van der Waals surface area contributed by atoms with Crippen molar-refractivity contribution >= 4 is 17.7 Å². The number of carbonyl (C=O) groups excluding carboxylic acids is 1.